The van der Waals surface area contributed by atoms with Crippen LogP contribution in [0.1, 0.15) is 64.7 Å². The Morgan fingerprint density at radius 1 is 1.04 bits per heavy atom. The lowest BCUT2D eigenvalue weighted by Gasteiger charge is -2.12. The number of carbonyl (C=O) groups excluding carboxylic acids is 1. The second-order valence-electron chi connectivity index (χ2n) is 6.33. The van der Waals surface area contributed by atoms with Crippen molar-refractivity contribution in [3.63, 3.8) is 0 Å². The highest BCUT2D eigenvalue weighted by Gasteiger charge is 2.35. The van der Waals surface area contributed by atoms with E-state index in [1.165, 1.54) is 6.42 Å². The Labute approximate surface area is 140 Å². The molecular formula is C20H30O3. The Balaban J connectivity index is 1.67. The van der Waals surface area contributed by atoms with Crippen molar-refractivity contribution in [3.8, 4) is 0 Å². The van der Waals surface area contributed by atoms with Crippen LogP contribution in [-0.2, 0) is 14.3 Å². The molecule has 2 aliphatic rings. The van der Waals surface area contributed by atoms with Crippen molar-refractivity contribution in [3.05, 3.63) is 36.5 Å². The van der Waals surface area contributed by atoms with Gasteiger partial charge in [0, 0.05) is 6.42 Å². The first kappa shape index (κ1) is 18.0. The highest BCUT2D eigenvalue weighted by atomic mass is 16.6. The Kier molecular flexibility index (Phi) is 8.16. The third kappa shape index (κ3) is 7.65. The highest BCUT2D eigenvalue weighted by Crippen LogP contribution is 2.27. The van der Waals surface area contributed by atoms with Crippen molar-refractivity contribution in [1.82, 2.24) is 0 Å². The van der Waals surface area contributed by atoms with Gasteiger partial charge in [0.15, 0.2) is 0 Å². The molecule has 0 saturated carbocycles. The summed E-state index contributed by atoms with van der Waals surface area (Å²) in [7, 11) is 0. The van der Waals surface area contributed by atoms with Crippen LogP contribution in [-0.4, -0.2) is 24.3 Å². The molecule has 2 saturated heterocycles. The molecule has 0 bridgehead atoms. The van der Waals surface area contributed by atoms with Gasteiger partial charge in [0.25, 0.3) is 0 Å². The van der Waals surface area contributed by atoms with E-state index < -0.39 is 0 Å². The summed E-state index contributed by atoms with van der Waals surface area (Å²) >= 11 is 0. The highest BCUT2D eigenvalue weighted by molar-refractivity contribution is 5.69. The first-order valence-electron chi connectivity index (χ1n) is 9.13. The molecule has 0 radical (unpaired) electrons. The second-order valence-corrected chi connectivity index (χ2v) is 6.33. The predicted octanol–water partition coefficient (Wildman–Crippen LogP) is 4.88. The molecule has 0 N–H and O–H groups in total. The van der Waals surface area contributed by atoms with Crippen LogP contribution < -0.4 is 0 Å². The number of carbonyl (C=O) groups is 1. The van der Waals surface area contributed by atoms with Gasteiger partial charge in [-0.25, -0.2) is 0 Å². The molecule has 0 amide bonds. The van der Waals surface area contributed by atoms with Gasteiger partial charge in [-0.15, -0.1) is 0 Å². The maximum atomic E-state index is 11.7. The lowest BCUT2D eigenvalue weighted by atomic mass is 10.1. The van der Waals surface area contributed by atoms with Gasteiger partial charge in [0.05, 0.1) is 6.10 Å². The van der Waals surface area contributed by atoms with E-state index in [4.69, 9.17) is 9.47 Å². The van der Waals surface area contributed by atoms with Crippen molar-refractivity contribution in [1.29, 1.82) is 0 Å². The van der Waals surface area contributed by atoms with E-state index in [0.29, 0.717) is 12.5 Å². The van der Waals surface area contributed by atoms with E-state index >= 15 is 0 Å². The van der Waals surface area contributed by atoms with Crippen LogP contribution in [0, 0.1) is 0 Å². The third-order valence-corrected chi connectivity index (χ3v) is 4.25. The standard InChI is InChI=1S/C20H30O3/c1-2-3-4-5-6-10-13-18-19(23-18)16-15-17-12-9-7-8-11-14-20(21)22-17/h3-4,6,10,15-19H,2,5,7-9,11-14H2,1H3. The van der Waals surface area contributed by atoms with Gasteiger partial charge in [0.2, 0.25) is 0 Å². The minimum Gasteiger partial charge on any atom is -0.458 e. The van der Waals surface area contributed by atoms with Gasteiger partial charge >= 0.3 is 5.97 Å². The molecule has 2 aliphatic heterocycles. The zero-order valence-electron chi connectivity index (χ0n) is 14.3. The molecule has 0 aromatic heterocycles. The minimum absolute atomic E-state index is 0.0575. The number of hydrogen-bond donors (Lipinski definition) is 0. The molecule has 0 aliphatic carbocycles. The molecule has 3 atom stereocenters. The van der Waals surface area contributed by atoms with Crippen LogP contribution in [0.3, 0.4) is 0 Å². The van der Waals surface area contributed by atoms with Crippen LogP contribution in [0.4, 0.5) is 0 Å². The zero-order valence-corrected chi connectivity index (χ0v) is 14.3. The number of epoxide rings is 1. The third-order valence-electron chi connectivity index (χ3n) is 4.25. The summed E-state index contributed by atoms with van der Waals surface area (Å²) < 4.78 is 11.2. The maximum absolute atomic E-state index is 11.7. The number of ether oxygens (including phenoxy) is 2. The van der Waals surface area contributed by atoms with E-state index in [-0.39, 0.29) is 18.2 Å². The Hall–Kier alpha value is -1.35. The van der Waals surface area contributed by atoms with Crippen molar-refractivity contribution < 1.29 is 14.3 Å². The number of cyclic esters (lactones) is 1. The summed E-state index contributed by atoms with van der Waals surface area (Å²) in [5.41, 5.74) is 0. The molecule has 3 nitrogen and oxygen atoms in total. The fourth-order valence-corrected chi connectivity index (χ4v) is 2.81. The van der Waals surface area contributed by atoms with Crippen molar-refractivity contribution in [2.45, 2.75) is 83.0 Å². The zero-order chi connectivity index (χ0) is 16.3. The Morgan fingerprint density at radius 2 is 1.87 bits per heavy atom. The maximum Gasteiger partial charge on any atom is 0.306 e. The number of allylic oxidation sites excluding steroid dienone is 3. The molecule has 2 fully saturated rings. The monoisotopic (exact) mass is 318 g/mol. The van der Waals surface area contributed by atoms with E-state index in [2.05, 4.69) is 37.3 Å². The topological polar surface area (TPSA) is 38.8 Å². The van der Waals surface area contributed by atoms with Gasteiger partial charge in [-0.1, -0.05) is 50.1 Å². The molecule has 2 rings (SSSR count). The van der Waals surface area contributed by atoms with Crippen molar-refractivity contribution in [2.75, 3.05) is 0 Å². The first-order valence-corrected chi connectivity index (χ1v) is 9.13. The van der Waals surface area contributed by atoms with Crippen LogP contribution in [0.25, 0.3) is 0 Å². The summed E-state index contributed by atoms with van der Waals surface area (Å²) in [6, 6.07) is 0. The van der Waals surface area contributed by atoms with Gasteiger partial charge in [0.1, 0.15) is 12.2 Å². The molecular weight excluding hydrogens is 288 g/mol. The Morgan fingerprint density at radius 3 is 2.74 bits per heavy atom. The van der Waals surface area contributed by atoms with Crippen LogP contribution >= 0.6 is 0 Å². The molecule has 3 heteroatoms. The molecule has 0 aromatic carbocycles. The average Bonchev–Trinajstić information content (AvgIpc) is 3.27. The van der Waals surface area contributed by atoms with Gasteiger partial charge < -0.3 is 9.47 Å². The largest absolute Gasteiger partial charge is 0.458 e. The molecule has 0 aromatic rings. The van der Waals surface area contributed by atoms with Crippen LogP contribution in [0.15, 0.2) is 36.5 Å². The normalized spacial score (nSPS) is 29.6. The minimum atomic E-state index is -0.0693. The molecule has 23 heavy (non-hydrogen) atoms. The number of rotatable bonds is 7. The van der Waals surface area contributed by atoms with Crippen LogP contribution in [0.5, 0.6) is 0 Å². The summed E-state index contributed by atoms with van der Waals surface area (Å²) in [6.45, 7) is 2.14. The number of esters is 1. The van der Waals surface area contributed by atoms with Gasteiger partial charge in [-0.2, -0.15) is 0 Å². The fraction of sp³-hybridized carbons (Fsp3) is 0.650. The molecule has 0 spiro atoms. The second kappa shape index (κ2) is 10.4. The number of hydrogen-bond acceptors (Lipinski definition) is 3. The van der Waals surface area contributed by atoms with E-state index in [1.54, 1.807) is 0 Å². The summed E-state index contributed by atoms with van der Waals surface area (Å²) in [5.74, 6) is -0.0575. The summed E-state index contributed by atoms with van der Waals surface area (Å²) in [5, 5.41) is 0. The first-order chi connectivity index (χ1) is 11.3. The lowest BCUT2D eigenvalue weighted by Crippen LogP contribution is -2.15. The lowest BCUT2D eigenvalue weighted by molar-refractivity contribution is -0.147. The SMILES string of the molecule is CCC=CCC=CCC1OC1C=CC1CCCCCCC(=O)O1. The fourth-order valence-electron chi connectivity index (χ4n) is 2.81. The van der Waals surface area contributed by atoms with E-state index in [1.807, 2.05) is 6.08 Å². The molecule has 2 heterocycles. The van der Waals surface area contributed by atoms with Crippen molar-refractivity contribution in [2.24, 2.45) is 0 Å². The van der Waals surface area contributed by atoms with Gasteiger partial charge in [-0.05, 0) is 44.6 Å². The van der Waals surface area contributed by atoms with Crippen LogP contribution in [0.2, 0.25) is 0 Å². The van der Waals surface area contributed by atoms with E-state index in [9.17, 15) is 4.79 Å². The quantitative estimate of drug-likeness (QED) is 0.381. The molecule has 3 unspecified atom stereocenters. The smallest absolute Gasteiger partial charge is 0.306 e. The Bertz CT molecular complexity index is 436. The average molecular weight is 318 g/mol. The summed E-state index contributed by atoms with van der Waals surface area (Å²) in [4.78, 5) is 11.7. The van der Waals surface area contributed by atoms with Gasteiger partial charge in [-0.3, -0.25) is 4.79 Å². The summed E-state index contributed by atoms with van der Waals surface area (Å²) in [6.07, 6.45) is 22.2. The predicted molar refractivity (Wildman–Crippen MR) is 93.2 cm³/mol. The van der Waals surface area contributed by atoms with E-state index in [0.717, 1.165) is 44.9 Å². The molecule has 128 valence electrons. The van der Waals surface area contributed by atoms with Crippen molar-refractivity contribution >= 4 is 5.97 Å².